The second-order valence-corrected chi connectivity index (χ2v) is 5.20. The normalized spacial score (nSPS) is 17.5. The SMILES string of the molecule is CC(=O)c1cc(C)c2c(c1)CCC(C)(C)O2. The van der Waals surface area contributed by atoms with Gasteiger partial charge in [0.15, 0.2) is 5.78 Å². The van der Waals surface area contributed by atoms with Crippen molar-refractivity contribution in [1.29, 1.82) is 0 Å². The van der Waals surface area contributed by atoms with Gasteiger partial charge in [0.1, 0.15) is 11.4 Å². The molecule has 2 rings (SSSR count). The topological polar surface area (TPSA) is 26.3 Å². The molecular formula is C14H18O2. The summed E-state index contributed by atoms with van der Waals surface area (Å²) in [6.07, 6.45) is 1.99. The van der Waals surface area contributed by atoms with Crippen molar-refractivity contribution in [3.8, 4) is 5.75 Å². The fourth-order valence-corrected chi connectivity index (χ4v) is 2.15. The van der Waals surface area contributed by atoms with Crippen molar-refractivity contribution in [2.75, 3.05) is 0 Å². The summed E-state index contributed by atoms with van der Waals surface area (Å²) in [5, 5.41) is 0. The summed E-state index contributed by atoms with van der Waals surface area (Å²) in [7, 11) is 0. The summed E-state index contributed by atoms with van der Waals surface area (Å²) in [4.78, 5) is 11.4. The zero-order chi connectivity index (χ0) is 11.9. The van der Waals surface area contributed by atoms with Crippen LogP contribution in [0, 0.1) is 6.92 Å². The Labute approximate surface area is 96.6 Å². The van der Waals surface area contributed by atoms with Gasteiger partial charge in [-0.15, -0.1) is 0 Å². The van der Waals surface area contributed by atoms with Crippen LogP contribution in [-0.4, -0.2) is 11.4 Å². The molecule has 0 saturated carbocycles. The second-order valence-electron chi connectivity index (χ2n) is 5.20. The van der Waals surface area contributed by atoms with Gasteiger partial charge in [-0.25, -0.2) is 0 Å². The Morgan fingerprint density at radius 3 is 2.69 bits per heavy atom. The van der Waals surface area contributed by atoms with Crippen LogP contribution in [0.1, 0.15) is 48.7 Å². The molecule has 1 aromatic carbocycles. The third kappa shape index (κ3) is 1.97. The van der Waals surface area contributed by atoms with E-state index in [4.69, 9.17) is 4.74 Å². The number of ether oxygens (including phenoxy) is 1. The fourth-order valence-electron chi connectivity index (χ4n) is 2.15. The lowest BCUT2D eigenvalue weighted by atomic mass is 9.91. The maximum Gasteiger partial charge on any atom is 0.159 e. The average Bonchev–Trinajstić information content (AvgIpc) is 2.18. The van der Waals surface area contributed by atoms with Crippen molar-refractivity contribution in [1.82, 2.24) is 0 Å². The van der Waals surface area contributed by atoms with E-state index in [1.165, 1.54) is 5.56 Å². The molecule has 0 amide bonds. The summed E-state index contributed by atoms with van der Waals surface area (Å²) >= 11 is 0. The first-order chi connectivity index (χ1) is 7.39. The molecule has 0 fully saturated rings. The van der Waals surface area contributed by atoms with Gasteiger partial charge in [-0.1, -0.05) is 0 Å². The van der Waals surface area contributed by atoms with Crippen LogP contribution in [0.15, 0.2) is 12.1 Å². The molecule has 1 aliphatic rings. The molecule has 0 saturated heterocycles. The predicted molar refractivity (Wildman–Crippen MR) is 64.2 cm³/mol. The summed E-state index contributed by atoms with van der Waals surface area (Å²) < 4.78 is 5.97. The van der Waals surface area contributed by atoms with Crippen LogP contribution in [0.5, 0.6) is 5.75 Å². The number of ketones is 1. The number of benzene rings is 1. The first-order valence-electron chi connectivity index (χ1n) is 5.72. The average molecular weight is 218 g/mol. The predicted octanol–water partition coefficient (Wildman–Crippen LogP) is 3.30. The van der Waals surface area contributed by atoms with E-state index in [9.17, 15) is 4.79 Å². The van der Waals surface area contributed by atoms with E-state index in [0.717, 1.165) is 29.7 Å². The summed E-state index contributed by atoms with van der Waals surface area (Å²) in [6.45, 7) is 7.82. The first-order valence-corrected chi connectivity index (χ1v) is 5.72. The lowest BCUT2D eigenvalue weighted by Crippen LogP contribution is -2.33. The van der Waals surface area contributed by atoms with Gasteiger partial charge in [-0.3, -0.25) is 4.79 Å². The van der Waals surface area contributed by atoms with Crippen LogP contribution in [0.25, 0.3) is 0 Å². The minimum atomic E-state index is -0.0878. The van der Waals surface area contributed by atoms with Crippen LogP contribution in [-0.2, 0) is 6.42 Å². The van der Waals surface area contributed by atoms with E-state index < -0.39 is 0 Å². The third-order valence-corrected chi connectivity index (χ3v) is 3.13. The maximum absolute atomic E-state index is 11.4. The van der Waals surface area contributed by atoms with Crippen molar-refractivity contribution in [3.05, 3.63) is 28.8 Å². The van der Waals surface area contributed by atoms with Gasteiger partial charge in [0.05, 0.1) is 0 Å². The van der Waals surface area contributed by atoms with Crippen molar-refractivity contribution in [3.63, 3.8) is 0 Å². The van der Waals surface area contributed by atoms with E-state index >= 15 is 0 Å². The minimum Gasteiger partial charge on any atom is -0.487 e. The highest BCUT2D eigenvalue weighted by atomic mass is 16.5. The van der Waals surface area contributed by atoms with Crippen molar-refractivity contribution in [2.24, 2.45) is 0 Å². The zero-order valence-electron chi connectivity index (χ0n) is 10.4. The quantitative estimate of drug-likeness (QED) is 0.676. The standard InChI is InChI=1S/C14H18O2/c1-9-7-12(10(2)15)8-11-5-6-14(3,4)16-13(9)11/h7-8H,5-6H2,1-4H3. The molecule has 86 valence electrons. The molecular weight excluding hydrogens is 200 g/mol. The molecule has 0 aliphatic carbocycles. The Balaban J connectivity index is 2.48. The van der Waals surface area contributed by atoms with Crippen molar-refractivity contribution in [2.45, 2.75) is 46.1 Å². The molecule has 2 heteroatoms. The highest BCUT2D eigenvalue weighted by molar-refractivity contribution is 5.94. The molecule has 0 bridgehead atoms. The van der Waals surface area contributed by atoms with Crippen molar-refractivity contribution >= 4 is 5.78 Å². The zero-order valence-corrected chi connectivity index (χ0v) is 10.4. The molecule has 2 nitrogen and oxygen atoms in total. The Kier molecular flexibility index (Phi) is 2.53. The van der Waals surface area contributed by atoms with Gasteiger partial charge in [0.2, 0.25) is 0 Å². The minimum absolute atomic E-state index is 0.0878. The lowest BCUT2D eigenvalue weighted by molar-refractivity contribution is 0.0836. The molecule has 0 atom stereocenters. The number of rotatable bonds is 1. The van der Waals surface area contributed by atoms with Gasteiger partial charge in [-0.05, 0) is 63.8 Å². The summed E-state index contributed by atoms with van der Waals surface area (Å²) in [5.41, 5.74) is 2.94. The number of fused-ring (bicyclic) bond motifs is 1. The van der Waals surface area contributed by atoms with E-state index in [1.807, 2.05) is 19.1 Å². The Morgan fingerprint density at radius 2 is 2.06 bits per heavy atom. The number of hydrogen-bond acceptors (Lipinski definition) is 2. The van der Waals surface area contributed by atoms with E-state index in [0.29, 0.717) is 0 Å². The molecule has 1 aromatic rings. The van der Waals surface area contributed by atoms with Crippen LogP contribution in [0.2, 0.25) is 0 Å². The molecule has 0 radical (unpaired) electrons. The van der Waals surface area contributed by atoms with Crippen molar-refractivity contribution < 1.29 is 9.53 Å². The number of hydrogen-bond donors (Lipinski definition) is 0. The fraction of sp³-hybridized carbons (Fsp3) is 0.500. The maximum atomic E-state index is 11.4. The molecule has 1 heterocycles. The molecule has 16 heavy (non-hydrogen) atoms. The number of carbonyl (C=O) groups is 1. The van der Waals surface area contributed by atoms with Crippen LogP contribution in [0.3, 0.4) is 0 Å². The third-order valence-electron chi connectivity index (χ3n) is 3.13. The molecule has 0 unspecified atom stereocenters. The number of carbonyl (C=O) groups excluding carboxylic acids is 1. The van der Waals surface area contributed by atoms with Crippen LogP contribution in [0.4, 0.5) is 0 Å². The van der Waals surface area contributed by atoms with Gasteiger partial charge in [0, 0.05) is 5.56 Å². The van der Waals surface area contributed by atoms with Gasteiger partial charge >= 0.3 is 0 Å². The van der Waals surface area contributed by atoms with Crippen LogP contribution < -0.4 is 4.74 Å². The Morgan fingerprint density at radius 1 is 1.38 bits per heavy atom. The monoisotopic (exact) mass is 218 g/mol. The number of Topliss-reactive ketones (excluding diaryl/α,β-unsaturated/α-hetero) is 1. The highest BCUT2D eigenvalue weighted by Crippen LogP contribution is 2.36. The lowest BCUT2D eigenvalue weighted by Gasteiger charge is -2.33. The molecule has 0 N–H and O–H groups in total. The summed E-state index contributed by atoms with van der Waals surface area (Å²) in [5.74, 6) is 1.09. The van der Waals surface area contributed by atoms with Crippen LogP contribution >= 0.6 is 0 Å². The first kappa shape index (κ1) is 11.2. The Bertz CT molecular complexity index is 444. The molecule has 1 aliphatic heterocycles. The van der Waals surface area contributed by atoms with E-state index in [1.54, 1.807) is 6.92 Å². The van der Waals surface area contributed by atoms with Gasteiger partial charge in [-0.2, -0.15) is 0 Å². The highest BCUT2D eigenvalue weighted by Gasteiger charge is 2.28. The smallest absolute Gasteiger partial charge is 0.159 e. The number of aryl methyl sites for hydroxylation is 2. The van der Waals surface area contributed by atoms with Gasteiger partial charge in [0.25, 0.3) is 0 Å². The Hall–Kier alpha value is -1.31. The molecule has 0 aromatic heterocycles. The van der Waals surface area contributed by atoms with E-state index in [2.05, 4.69) is 13.8 Å². The largest absolute Gasteiger partial charge is 0.487 e. The molecule has 0 spiro atoms. The van der Waals surface area contributed by atoms with Gasteiger partial charge < -0.3 is 4.74 Å². The summed E-state index contributed by atoms with van der Waals surface area (Å²) in [6, 6.07) is 3.89. The second kappa shape index (κ2) is 3.62. The van der Waals surface area contributed by atoms with E-state index in [-0.39, 0.29) is 11.4 Å².